The van der Waals surface area contributed by atoms with Crippen molar-refractivity contribution < 1.29 is 14.6 Å². The van der Waals surface area contributed by atoms with Gasteiger partial charge in [-0.05, 0) is 19.3 Å². The monoisotopic (exact) mass is 243 g/mol. The normalized spacial score (nSPS) is 22.2. The Kier molecular flexibility index (Phi) is 5.92. The van der Waals surface area contributed by atoms with Crippen LogP contribution in [0.1, 0.15) is 33.6 Å². The highest BCUT2D eigenvalue weighted by atomic mass is 16.5. The second-order valence-electron chi connectivity index (χ2n) is 5.35. The molecule has 1 saturated heterocycles. The van der Waals surface area contributed by atoms with E-state index in [1.54, 1.807) is 6.92 Å². The number of aliphatic hydroxyl groups is 1. The van der Waals surface area contributed by atoms with Crippen LogP contribution in [0.2, 0.25) is 0 Å². The molecule has 0 saturated carbocycles. The minimum Gasteiger partial charge on any atom is -0.393 e. The van der Waals surface area contributed by atoms with Crippen molar-refractivity contribution in [3.63, 3.8) is 0 Å². The summed E-state index contributed by atoms with van der Waals surface area (Å²) in [7, 11) is 0. The van der Waals surface area contributed by atoms with Crippen LogP contribution in [0.3, 0.4) is 0 Å². The van der Waals surface area contributed by atoms with Crippen LogP contribution in [-0.4, -0.2) is 48.3 Å². The first kappa shape index (κ1) is 14.5. The lowest BCUT2D eigenvalue weighted by Gasteiger charge is -2.17. The number of carbonyl (C=O) groups is 1. The Hall–Kier alpha value is -0.610. The van der Waals surface area contributed by atoms with Crippen LogP contribution in [-0.2, 0) is 9.53 Å². The summed E-state index contributed by atoms with van der Waals surface area (Å²) in [5.41, 5.74) is 0. The molecule has 0 spiro atoms. The number of nitrogens with zero attached hydrogens (tertiary/aromatic N) is 1. The SMILES string of the molecule is CC(C)COCCC(=O)N1CCC(C(C)O)C1. The van der Waals surface area contributed by atoms with Crippen molar-refractivity contribution in [1.82, 2.24) is 4.90 Å². The second kappa shape index (κ2) is 6.97. The van der Waals surface area contributed by atoms with Crippen molar-refractivity contribution in [2.75, 3.05) is 26.3 Å². The number of amides is 1. The fourth-order valence-electron chi connectivity index (χ4n) is 2.04. The quantitative estimate of drug-likeness (QED) is 0.715. The van der Waals surface area contributed by atoms with Gasteiger partial charge < -0.3 is 14.7 Å². The highest BCUT2D eigenvalue weighted by molar-refractivity contribution is 5.76. The molecule has 2 unspecified atom stereocenters. The van der Waals surface area contributed by atoms with E-state index in [0.717, 1.165) is 13.0 Å². The molecule has 1 heterocycles. The molecule has 1 amide bonds. The van der Waals surface area contributed by atoms with Gasteiger partial charge in [0.2, 0.25) is 5.91 Å². The number of ether oxygens (including phenoxy) is 1. The first-order chi connectivity index (χ1) is 8.00. The molecular formula is C13H25NO3. The van der Waals surface area contributed by atoms with E-state index in [1.165, 1.54) is 0 Å². The maximum atomic E-state index is 11.8. The van der Waals surface area contributed by atoms with E-state index >= 15 is 0 Å². The maximum absolute atomic E-state index is 11.8. The van der Waals surface area contributed by atoms with Crippen molar-refractivity contribution in [1.29, 1.82) is 0 Å². The van der Waals surface area contributed by atoms with E-state index in [-0.39, 0.29) is 17.9 Å². The first-order valence-corrected chi connectivity index (χ1v) is 6.54. The van der Waals surface area contributed by atoms with E-state index in [4.69, 9.17) is 4.74 Å². The molecule has 4 heteroatoms. The molecular weight excluding hydrogens is 218 g/mol. The number of aliphatic hydroxyl groups excluding tert-OH is 1. The Morgan fingerprint density at radius 1 is 1.47 bits per heavy atom. The molecule has 1 aliphatic rings. The third-order valence-electron chi connectivity index (χ3n) is 3.17. The number of likely N-dealkylation sites (tertiary alicyclic amines) is 1. The molecule has 0 radical (unpaired) electrons. The zero-order valence-corrected chi connectivity index (χ0v) is 11.2. The molecule has 2 atom stereocenters. The first-order valence-electron chi connectivity index (χ1n) is 6.54. The van der Waals surface area contributed by atoms with Crippen molar-refractivity contribution in [2.24, 2.45) is 11.8 Å². The van der Waals surface area contributed by atoms with Crippen molar-refractivity contribution in [3.05, 3.63) is 0 Å². The smallest absolute Gasteiger partial charge is 0.224 e. The lowest BCUT2D eigenvalue weighted by Crippen LogP contribution is -2.31. The zero-order valence-electron chi connectivity index (χ0n) is 11.2. The van der Waals surface area contributed by atoms with Gasteiger partial charge in [0.1, 0.15) is 0 Å². The third kappa shape index (κ3) is 5.04. The summed E-state index contributed by atoms with van der Waals surface area (Å²) in [6.45, 7) is 8.67. The lowest BCUT2D eigenvalue weighted by atomic mass is 10.0. The molecule has 0 bridgehead atoms. The van der Waals surface area contributed by atoms with Crippen LogP contribution < -0.4 is 0 Å². The zero-order chi connectivity index (χ0) is 12.8. The molecule has 1 aliphatic heterocycles. The summed E-state index contributed by atoms with van der Waals surface area (Å²) in [6.07, 6.45) is 1.06. The summed E-state index contributed by atoms with van der Waals surface area (Å²) < 4.78 is 5.40. The summed E-state index contributed by atoms with van der Waals surface area (Å²) in [5.74, 6) is 0.906. The van der Waals surface area contributed by atoms with Gasteiger partial charge in [-0.3, -0.25) is 4.79 Å². The standard InChI is InChI=1S/C13H25NO3/c1-10(2)9-17-7-5-13(16)14-6-4-12(8-14)11(3)15/h10-12,15H,4-9H2,1-3H3. The molecule has 0 aliphatic carbocycles. The highest BCUT2D eigenvalue weighted by Crippen LogP contribution is 2.20. The van der Waals surface area contributed by atoms with Gasteiger partial charge in [-0.15, -0.1) is 0 Å². The molecule has 0 aromatic heterocycles. The van der Waals surface area contributed by atoms with Gasteiger partial charge in [0.05, 0.1) is 19.1 Å². The molecule has 0 aromatic rings. The van der Waals surface area contributed by atoms with Crippen molar-refractivity contribution >= 4 is 5.91 Å². The minimum absolute atomic E-state index is 0.150. The van der Waals surface area contributed by atoms with Crippen LogP contribution >= 0.6 is 0 Å². The van der Waals surface area contributed by atoms with Gasteiger partial charge in [-0.2, -0.15) is 0 Å². The van der Waals surface area contributed by atoms with Crippen molar-refractivity contribution in [3.8, 4) is 0 Å². The Morgan fingerprint density at radius 2 is 2.18 bits per heavy atom. The lowest BCUT2D eigenvalue weighted by molar-refractivity contribution is -0.131. The summed E-state index contributed by atoms with van der Waals surface area (Å²) in [5, 5.41) is 9.46. The predicted molar refractivity (Wildman–Crippen MR) is 66.6 cm³/mol. The van der Waals surface area contributed by atoms with E-state index in [0.29, 0.717) is 32.1 Å². The van der Waals surface area contributed by atoms with Crippen LogP contribution in [0.4, 0.5) is 0 Å². The number of carbonyl (C=O) groups excluding carboxylic acids is 1. The molecule has 1 fully saturated rings. The molecule has 1 N–H and O–H groups in total. The minimum atomic E-state index is -0.315. The largest absolute Gasteiger partial charge is 0.393 e. The number of rotatable bonds is 6. The fourth-order valence-corrected chi connectivity index (χ4v) is 2.04. The van der Waals surface area contributed by atoms with Crippen LogP contribution in [0.15, 0.2) is 0 Å². The Labute approximate surface area is 104 Å². The van der Waals surface area contributed by atoms with Crippen molar-refractivity contribution in [2.45, 2.75) is 39.7 Å². The van der Waals surface area contributed by atoms with Crippen LogP contribution in [0.5, 0.6) is 0 Å². The maximum Gasteiger partial charge on any atom is 0.224 e. The second-order valence-corrected chi connectivity index (χ2v) is 5.35. The highest BCUT2D eigenvalue weighted by Gasteiger charge is 2.28. The molecule has 1 rings (SSSR count). The van der Waals surface area contributed by atoms with Gasteiger partial charge in [0.25, 0.3) is 0 Å². The van der Waals surface area contributed by atoms with Gasteiger partial charge in [-0.25, -0.2) is 0 Å². The van der Waals surface area contributed by atoms with Gasteiger partial charge in [-0.1, -0.05) is 13.8 Å². The van der Waals surface area contributed by atoms with E-state index in [1.807, 2.05) is 4.90 Å². The average molecular weight is 243 g/mol. The number of hydrogen-bond donors (Lipinski definition) is 1. The van der Waals surface area contributed by atoms with Crippen LogP contribution in [0.25, 0.3) is 0 Å². The van der Waals surface area contributed by atoms with E-state index < -0.39 is 0 Å². The molecule has 0 aromatic carbocycles. The van der Waals surface area contributed by atoms with Gasteiger partial charge >= 0.3 is 0 Å². The van der Waals surface area contributed by atoms with Crippen LogP contribution in [0, 0.1) is 11.8 Å². The topological polar surface area (TPSA) is 49.8 Å². The summed E-state index contributed by atoms with van der Waals surface area (Å²) in [4.78, 5) is 13.7. The summed E-state index contributed by atoms with van der Waals surface area (Å²) >= 11 is 0. The predicted octanol–water partition coefficient (Wildman–Crippen LogP) is 1.28. The Bertz CT molecular complexity index is 241. The van der Waals surface area contributed by atoms with E-state index in [2.05, 4.69) is 13.8 Å². The Morgan fingerprint density at radius 3 is 2.71 bits per heavy atom. The number of hydrogen-bond acceptors (Lipinski definition) is 3. The summed E-state index contributed by atoms with van der Waals surface area (Å²) in [6, 6.07) is 0. The Balaban J connectivity index is 2.16. The fraction of sp³-hybridized carbons (Fsp3) is 0.923. The van der Waals surface area contributed by atoms with Gasteiger partial charge in [0, 0.05) is 25.6 Å². The molecule has 17 heavy (non-hydrogen) atoms. The molecule has 4 nitrogen and oxygen atoms in total. The average Bonchev–Trinajstić information content (AvgIpc) is 2.73. The molecule has 100 valence electrons. The van der Waals surface area contributed by atoms with E-state index in [9.17, 15) is 9.90 Å². The van der Waals surface area contributed by atoms with Gasteiger partial charge in [0.15, 0.2) is 0 Å². The third-order valence-corrected chi connectivity index (χ3v) is 3.17.